The summed E-state index contributed by atoms with van der Waals surface area (Å²) in [6.07, 6.45) is 3.18. The lowest BCUT2D eigenvalue weighted by molar-refractivity contribution is 0.958. The minimum absolute atomic E-state index is 0.350. The van der Waals surface area contributed by atoms with Crippen LogP contribution in [0.5, 0.6) is 0 Å². The van der Waals surface area contributed by atoms with Gasteiger partial charge in [-0.1, -0.05) is 23.2 Å². The van der Waals surface area contributed by atoms with Crippen molar-refractivity contribution in [3.05, 3.63) is 58.1 Å². The Kier molecular flexibility index (Phi) is 5.50. The minimum Gasteiger partial charge on any atom is -0.367 e. The first-order valence-electron chi connectivity index (χ1n) is 6.11. The summed E-state index contributed by atoms with van der Waals surface area (Å²) >= 11 is 11.3. The fraction of sp³-hybridized carbons (Fsp3) is 0.143. The summed E-state index contributed by atoms with van der Waals surface area (Å²) in [7, 11) is 0. The van der Waals surface area contributed by atoms with E-state index in [1.54, 1.807) is 24.4 Å². The molecule has 0 atom stereocenters. The zero-order chi connectivity index (χ0) is 15.1. The number of nitrogens with zero attached hydrogens (tertiary/aromatic N) is 4. The Morgan fingerprint density at radius 2 is 1.81 bits per heavy atom. The lowest BCUT2D eigenvalue weighted by atomic mass is 10.3. The first kappa shape index (κ1) is 15.2. The van der Waals surface area contributed by atoms with Crippen molar-refractivity contribution in [2.24, 2.45) is 4.99 Å². The van der Waals surface area contributed by atoms with E-state index in [0.717, 1.165) is 24.6 Å². The van der Waals surface area contributed by atoms with Gasteiger partial charge in [0.05, 0.1) is 6.54 Å². The predicted molar refractivity (Wildman–Crippen MR) is 82.6 cm³/mol. The van der Waals surface area contributed by atoms with Gasteiger partial charge in [0.2, 0.25) is 0 Å². The van der Waals surface area contributed by atoms with Crippen LogP contribution in [0.15, 0.2) is 41.7 Å². The molecule has 5 nitrogen and oxygen atoms in total. The summed E-state index contributed by atoms with van der Waals surface area (Å²) in [4.78, 5) is 12.1. The average molecular weight is 320 g/mol. The van der Waals surface area contributed by atoms with Gasteiger partial charge in [-0.25, -0.2) is 4.98 Å². The van der Waals surface area contributed by atoms with Gasteiger partial charge in [0, 0.05) is 29.0 Å². The van der Waals surface area contributed by atoms with Gasteiger partial charge in [0.25, 0.3) is 0 Å². The zero-order valence-corrected chi connectivity index (χ0v) is 12.4. The van der Waals surface area contributed by atoms with Crippen molar-refractivity contribution in [2.75, 3.05) is 13.1 Å². The largest absolute Gasteiger partial charge is 0.367 e. The molecule has 3 rings (SSSR count). The number of pyridine rings is 2. The van der Waals surface area contributed by atoms with Crippen LogP contribution in [-0.4, -0.2) is 28.9 Å². The highest BCUT2D eigenvalue weighted by molar-refractivity contribution is 6.31. The Morgan fingerprint density at radius 3 is 2.33 bits per heavy atom. The third-order valence-corrected chi connectivity index (χ3v) is 2.95. The quantitative estimate of drug-likeness (QED) is 0.877. The molecule has 2 aromatic rings. The van der Waals surface area contributed by atoms with E-state index in [4.69, 9.17) is 28.5 Å². The smallest absolute Gasteiger partial charge is 0.147 e. The number of hydrogen-bond donors (Lipinski definition) is 1. The van der Waals surface area contributed by atoms with Crippen LogP contribution in [0.3, 0.4) is 0 Å². The van der Waals surface area contributed by atoms with E-state index in [2.05, 4.69) is 20.3 Å². The summed E-state index contributed by atoms with van der Waals surface area (Å²) in [5, 5.41) is 12.7. The van der Waals surface area contributed by atoms with Crippen LogP contribution < -0.4 is 5.32 Å². The summed E-state index contributed by atoms with van der Waals surface area (Å²) in [6, 6.07) is 8.57. The number of halogens is 2. The maximum Gasteiger partial charge on any atom is 0.147 e. The van der Waals surface area contributed by atoms with Crippen LogP contribution in [0.4, 0.5) is 0 Å². The van der Waals surface area contributed by atoms with Gasteiger partial charge in [0.15, 0.2) is 0 Å². The van der Waals surface area contributed by atoms with Gasteiger partial charge in [-0.05, 0) is 24.3 Å². The molecule has 1 aliphatic rings. The number of rotatable bonds is 1. The molecular formula is C14H11Cl2N5. The van der Waals surface area contributed by atoms with E-state index < -0.39 is 0 Å². The van der Waals surface area contributed by atoms with Crippen molar-refractivity contribution in [3.63, 3.8) is 0 Å². The molecule has 0 saturated heterocycles. The molecular weight excluding hydrogens is 309 g/mol. The Morgan fingerprint density at radius 1 is 1.10 bits per heavy atom. The van der Waals surface area contributed by atoms with Crippen molar-refractivity contribution in [3.8, 4) is 6.07 Å². The summed E-state index contributed by atoms with van der Waals surface area (Å²) in [5.74, 6) is 0.845. The Hall–Kier alpha value is -2.16. The highest BCUT2D eigenvalue weighted by atomic mass is 35.5. The van der Waals surface area contributed by atoms with Crippen LogP contribution >= 0.6 is 23.2 Å². The molecule has 0 spiro atoms. The Balaban J connectivity index is 0.000000161. The monoisotopic (exact) mass is 319 g/mol. The fourth-order valence-electron chi connectivity index (χ4n) is 1.57. The Labute approximate surface area is 132 Å². The predicted octanol–water partition coefficient (Wildman–Crippen LogP) is 2.69. The SMILES string of the molecule is Clc1ccnc(C2=NCCN2)c1.N#Cc1cc(Cl)ccn1. The first-order valence-corrected chi connectivity index (χ1v) is 6.86. The molecule has 0 aliphatic carbocycles. The second kappa shape index (κ2) is 7.58. The molecule has 7 heteroatoms. The summed E-state index contributed by atoms with van der Waals surface area (Å²) < 4.78 is 0. The second-order valence-corrected chi connectivity index (χ2v) is 4.86. The van der Waals surface area contributed by atoms with Crippen LogP contribution in [0.1, 0.15) is 11.4 Å². The normalized spacial score (nSPS) is 12.5. The molecule has 0 saturated carbocycles. The molecule has 0 bridgehead atoms. The molecule has 1 N–H and O–H groups in total. The van der Waals surface area contributed by atoms with Gasteiger partial charge in [0.1, 0.15) is 23.3 Å². The van der Waals surface area contributed by atoms with Crippen molar-refractivity contribution in [1.29, 1.82) is 5.26 Å². The van der Waals surface area contributed by atoms with Crippen LogP contribution in [0.25, 0.3) is 0 Å². The van der Waals surface area contributed by atoms with E-state index >= 15 is 0 Å². The molecule has 106 valence electrons. The maximum absolute atomic E-state index is 8.29. The number of nitrogens with one attached hydrogen (secondary N) is 1. The molecule has 1 aliphatic heterocycles. The maximum atomic E-state index is 8.29. The molecule has 0 aromatic carbocycles. The van der Waals surface area contributed by atoms with E-state index in [1.165, 1.54) is 12.3 Å². The number of aliphatic imine (C=N–C) groups is 1. The third kappa shape index (κ3) is 4.71. The van der Waals surface area contributed by atoms with Gasteiger partial charge in [-0.15, -0.1) is 0 Å². The lowest BCUT2D eigenvalue weighted by Gasteiger charge is -2.00. The molecule has 21 heavy (non-hydrogen) atoms. The standard InChI is InChI=1S/C8H8ClN3.C6H3ClN2/c9-6-1-2-10-7(5-6)8-11-3-4-12-8;7-5-1-2-9-6(3-5)4-8/h1-2,5H,3-4H2,(H,11,12);1-3H. The molecule has 0 amide bonds. The first-order chi connectivity index (χ1) is 10.2. The highest BCUT2D eigenvalue weighted by Gasteiger charge is 2.08. The van der Waals surface area contributed by atoms with E-state index in [1.807, 2.05) is 6.07 Å². The third-order valence-electron chi connectivity index (χ3n) is 2.48. The van der Waals surface area contributed by atoms with E-state index in [0.29, 0.717) is 15.7 Å². The average Bonchev–Trinajstić information content (AvgIpc) is 3.02. The van der Waals surface area contributed by atoms with Crippen LogP contribution in [-0.2, 0) is 0 Å². The molecule has 3 heterocycles. The van der Waals surface area contributed by atoms with Gasteiger partial charge < -0.3 is 5.32 Å². The number of aromatic nitrogens is 2. The van der Waals surface area contributed by atoms with Crippen molar-refractivity contribution in [2.45, 2.75) is 0 Å². The zero-order valence-electron chi connectivity index (χ0n) is 10.9. The van der Waals surface area contributed by atoms with Crippen LogP contribution in [0, 0.1) is 11.3 Å². The summed E-state index contributed by atoms with van der Waals surface area (Å²) in [5.41, 5.74) is 1.17. The van der Waals surface area contributed by atoms with Crippen molar-refractivity contribution < 1.29 is 0 Å². The number of nitriles is 1. The number of amidine groups is 1. The van der Waals surface area contributed by atoms with Gasteiger partial charge in [-0.3, -0.25) is 9.98 Å². The summed E-state index contributed by atoms with van der Waals surface area (Å²) in [6.45, 7) is 1.72. The fourth-order valence-corrected chi connectivity index (χ4v) is 1.89. The van der Waals surface area contributed by atoms with E-state index in [-0.39, 0.29) is 0 Å². The molecule has 0 radical (unpaired) electrons. The van der Waals surface area contributed by atoms with E-state index in [9.17, 15) is 0 Å². The highest BCUT2D eigenvalue weighted by Crippen LogP contribution is 2.09. The number of hydrogen-bond acceptors (Lipinski definition) is 5. The van der Waals surface area contributed by atoms with Crippen molar-refractivity contribution in [1.82, 2.24) is 15.3 Å². The van der Waals surface area contributed by atoms with Crippen molar-refractivity contribution >= 4 is 29.0 Å². The van der Waals surface area contributed by atoms with Gasteiger partial charge >= 0.3 is 0 Å². The van der Waals surface area contributed by atoms with Crippen LogP contribution in [0.2, 0.25) is 10.0 Å². The molecule has 2 aromatic heterocycles. The Bertz CT molecular complexity index is 694. The minimum atomic E-state index is 0.350. The lowest BCUT2D eigenvalue weighted by Crippen LogP contribution is -2.20. The topological polar surface area (TPSA) is 74.0 Å². The second-order valence-electron chi connectivity index (χ2n) is 3.99. The van der Waals surface area contributed by atoms with Gasteiger partial charge in [-0.2, -0.15) is 5.26 Å². The molecule has 0 fully saturated rings. The molecule has 0 unspecified atom stereocenters.